The van der Waals surface area contributed by atoms with E-state index in [4.69, 9.17) is 10.2 Å². The number of carbonyl (C=O) groups is 1. The molecule has 0 aliphatic rings. The van der Waals surface area contributed by atoms with Gasteiger partial charge in [-0.25, -0.2) is 13.2 Å². The normalized spacial score (nSPS) is 11.3. The second-order valence-corrected chi connectivity index (χ2v) is 5.07. The van der Waals surface area contributed by atoms with Gasteiger partial charge in [0.1, 0.15) is 0 Å². The molecule has 82 valence electrons. The zero-order valence-corrected chi connectivity index (χ0v) is 8.78. The summed E-state index contributed by atoms with van der Waals surface area (Å²) in [6, 6.07) is 3.54. The highest BCUT2D eigenvalue weighted by Crippen LogP contribution is 2.16. The Balaban J connectivity index is 3.38. The molecule has 0 aromatic heterocycles. The van der Waals surface area contributed by atoms with Crippen LogP contribution in [0.5, 0.6) is 0 Å². The van der Waals surface area contributed by atoms with Gasteiger partial charge in [0.05, 0.1) is 17.1 Å². The maximum Gasteiger partial charge on any atom is 0.336 e. The highest BCUT2D eigenvalue weighted by atomic mass is 32.2. The molecule has 1 rings (SSSR count). The van der Waals surface area contributed by atoms with Gasteiger partial charge >= 0.3 is 5.97 Å². The topological polar surface area (TPSA) is 91.7 Å². The van der Waals surface area contributed by atoms with Crippen LogP contribution in [0.1, 0.15) is 15.9 Å². The molecule has 0 aliphatic carbocycles. The van der Waals surface area contributed by atoms with Crippen molar-refractivity contribution in [2.24, 2.45) is 0 Å². The minimum atomic E-state index is -3.38. The number of hydrogen-bond donors (Lipinski definition) is 2. The fourth-order valence-electron chi connectivity index (χ4n) is 1.14. The summed E-state index contributed by atoms with van der Waals surface area (Å²) in [6.07, 6.45) is 1.02. The number of carboxylic acid groups (broad SMARTS) is 1. The van der Waals surface area contributed by atoms with Gasteiger partial charge in [-0.05, 0) is 23.8 Å². The van der Waals surface area contributed by atoms with Crippen LogP contribution in [0.4, 0.5) is 0 Å². The van der Waals surface area contributed by atoms with Crippen molar-refractivity contribution in [1.82, 2.24) is 0 Å². The van der Waals surface area contributed by atoms with E-state index in [0.717, 1.165) is 6.26 Å². The first-order valence-corrected chi connectivity index (χ1v) is 5.92. The smallest absolute Gasteiger partial charge is 0.336 e. The van der Waals surface area contributed by atoms with E-state index in [2.05, 4.69) is 0 Å². The number of aliphatic hydroxyl groups excluding tert-OH is 1. The van der Waals surface area contributed by atoms with Crippen molar-refractivity contribution in [3.8, 4) is 0 Å². The minimum Gasteiger partial charge on any atom is -0.478 e. The molecule has 0 radical (unpaired) electrons. The van der Waals surface area contributed by atoms with Crippen LogP contribution in [0.25, 0.3) is 0 Å². The van der Waals surface area contributed by atoms with Gasteiger partial charge in [0.2, 0.25) is 0 Å². The van der Waals surface area contributed by atoms with E-state index < -0.39 is 22.4 Å². The molecule has 0 amide bonds. The zero-order valence-electron chi connectivity index (χ0n) is 7.97. The third-order valence-corrected chi connectivity index (χ3v) is 3.02. The van der Waals surface area contributed by atoms with Gasteiger partial charge in [0.25, 0.3) is 0 Å². The maximum atomic E-state index is 11.2. The molecule has 0 saturated carbocycles. The third kappa shape index (κ3) is 2.54. The van der Waals surface area contributed by atoms with E-state index in [9.17, 15) is 13.2 Å². The van der Waals surface area contributed by atoms with Crippen molar-refractivity contribution in [1.29, 1.82) is 0 Å². The van der Waals surface area contributed by atoms with Crippen LogP contribution in [0, 0.1) is 0 Å². The molecule has 15 heavy (non-hydrogen) atoms. The van der Waals surface area contributed by atoms with Gasteiger partial charge in [0.15, 0.2) is 9.84 Å². The van der Waals surface area contributed by atoms with Crippen molar-refractivity contribution < 1.29 is 23.4 Å². The third-order valence-electron chi connectivity index (χ3n) is 1.91. The average Bonchev–Trinajstić information content (AvgIpc) is 2.15. The fourth-order valence-corrected chi connectivity index (χ4v) is 1.81. The largest absolute Gasteiger partial charge is 0.478 e. The lowest BCUT2D eigenvalue weighted by molar-refractivity contribution is 0.0693. The van der Waals surface area contributed by atoms with Crippen molar-refractivity contribution in [3.63, 3.8) is 0 Å². The molecule has 0 atom stereocenters. The van der Waals surface area contributed by atoms with E-state index in [1.165, 1.54) is 18.2 Å². The molecule has 0 aliphatic heterocycles. The number of aliphatic hydroxyl groups is 1. The molecule has 0 fully saturated rings. The van der Waals surface area contributed by atoms with Gasteiger partial charge in [-0.2, -0.15) is 0 Å². The van der Waals surface area contributed by atoms with Crippen LogP contribution >= 0.6 is 0 Å². The summed E-state index contributed by atoms with van der Waals surface area (Å²) >= 11 is 0. The Bertz CT molecular complexity index is 489. The van der Waals surface area contributed by atoms with Crippen molar-refractivity contribution in [2.75, 3.05) is 6.26 Å². The monoisotopic (exact) mass is 230 g/mol. The molecule has 1 aromatic rings. The SMILES string of the molecule is CS(=O)(=O)c1ccc(C(=O)O)c(CO)c1. The number of sulfone groups is 1. The van der Waals surface area contributed by atoms with E-state index >= 15 is 0 Å². The van der Waals surface area contributed by atoms with Crippen LogP contribution in [-0.4, -0.2) is 30.9 Å². The molecular formula is C9H10O5S. The summed E-state index contributed by atoms with van der Waals surface area (Å²) in [5.74, 6) is -1.20. The predicted molar refractivity (Wildman–Crippen MR) is 52.4 cm³/mol. The molecule has 0 unspecified atom stereocenters. The van der Waals surface area contributed by atoms with E-state index in [-0.39, 0.29) is 16.0 Å². The van der Waals surface area contributed by atoms with Crippen LogP contribution in [0.2, 0.25) is 0 Å². The molecule has 0 spiro atoms. The molecule has 6 heteroatoms. The van der Waals surface area contributed by atoms with Crippen molar-refractivity contribution in [2.45, 2.75) is 11.5 Å². The van der Waals surface area contributed by atoms with E-state index in [1.54, 1.807) is 0 Å². The van der Waals surface area contributed by atoms with Gasteiger partial charge in [-0.1, -0.05) is 0 Å². The standard InChI is InChI=1S/C9H10O5S/c1-15(13,14)7-2-3-8(9(11)12)6(4-7)5-10/h2-4,10H,5H2,1H3,(H,11,12). The Morgan fingerprint density at radius 1 is 1.40 bits per heavy atom. The number of hydrogen-bond acceptors (Lipinski definition) is 4. The summed E-state index contributed by atoms with van der Waals surface area (Å²) in [5, 5.41) is 17.6. The number of carboxylic acids is 1. The van der Waals surface area contributed by atoms with Crippen LogP contribution in [0.3, 0.4) is 0 Å². The summed E-state index contributed by atoms with van der Waals surface area (Å²) in [7, 11) is -3.38. The van der Waals surface area contributed by atoms with Crippen LogP contribution in [0.15, 0.2) is 23.1 Å². The quantitative estimate of drug-likeness (QED) is 0.778. The molecule has 0 bridgehead atoms. The Morgan fingerprint density at radius 2 is 2.00 bits per heavy atom. The Hall–Kier alpha value is -1.40. The lowest BCUT2D eigenvalue weighted by atomic mass is 10.1. The number of rotatable bonds is 3. The zero-order chi connectivity index (χ0) is 11.6. The second kappa shape index (κ2) is 4.00. The van der Waals surface area contributed by atoms with Gasteiger partial charge in [-0.3, -0.25) is 0 Å². The minimum absolute atomic E-state index is 0.00319. The molecule has 0 saturated heterocycles. The number of aromatic carboxylic acids is 1. The average molecular weight is 230 g/mol. The first-order chi connectivity index (χ1) is 6.86. The van der Waals surface area contributed by atoms with Gasteiger partial charge in [-0.15, -0.1) is 0 Å². The molecule has 1 aromatic carbocycles. The van der Waals surface area contributed by atoms with Gasteiger partial charge < -0.3 is 10.2 Å². The number of benzene rings is 1. The van der Waals surface area contributed by atoms with Gasteiger partial charge in [0, 0.05) is 6.26 Å². The Labute approximate surface area is 86.9 Å². The summed E-state index contributed by atoms with van der Waals surface area (Å²) < 4.78 is 22.3. The van der Waals surface area contributed by atoms with E-state index in [1.807, 2.05) is 0 Å². The van der Waals surface area contributed by atoms with Crippen molar-refractivity contribution >= 4 is 15.8 Å². The molecular weight excluding hydrogens is 220 g/mol. The maximum absolute atomic E-state index is 11.2. The first-order valence-electron chi connectivity index (χ1n) is 4.03. The summed E-state index contributed by atoms with van der Waals surface area (Å²) in [4.78, 5) is 10.7. The molecule has 0 heterocycles. The fraction of sp³-hybridized carbons (Fsp3) is 0.222. The summed E-state index contributed by atoms with van der Waals surface area (Å²) in [6.45, 7) is -0.509. The first kappa shape index (κ1) is 11.7. The lowest BCUT2D eigenvalue weighted by Gasteiger charge is -2.05. The van der Waals surface area contributed by atoms with Crippen LogP contribution < -0.4 is 0 Å². The second-order valence-electron chi connectivity index (χ2n) is 3.05. The Morgan fingerprint density at radius 3 is 2.40 bits per heavy atom. The van der Waals surface area contributed by atoms with Crippen LogP contribution in [-0.2, 0) is 16.4 Å². The lowest BCUT2D eigenvalue weighted by Crippen LogP contribution is -2.05. The van der Waals surface area contributed by atoms with E-state index in [0.29, 0.717) is 0 Å². The predicted octanol–water partition coefficient (Wildman–Crippen LogP) is 0.281. The molecule has 5 nitrogen and oxygen atoms in total. The van der Waals surface area contributed by atoms with Crippen molar-refractivity contribution in [3.05, 3.63) is 29.3 Å². The Kier molecular flexibility index (Phi) is 3.11. The summed E-state index contributed by atoms with van der Waals surface area (Å²) in [5.41, 5.74) is -0.00433. The molecule has 2 N–H and O–H groups in total. The highest BCUT2D eigenvalue weighted by molar-refractivity contribution is 7.90. The highest BCUT2D eigenvalue weighted by Gasteiger charge is 2.14.